The van der Waals surface area contributed by atoms with Crippen molar-refractivity contribution in [2.45, 2.75) is 6.54 Å². The number of fused-ring (bicyclic) bond motifs is 1. The molecule has 6 heteroatoms. The van der Waals surface area contributed by atoms with Crippen LogP contribution in [0.25, 0.3) is 10.9 Å². The van der Waals surface area contributed by atoms with E-state index in [2.05, 4.69) is 53.7 Å². The third-order valence-corrected chi connectivity index (χ3v) is 2.11. The summed E-state index contributed by atoms with van der Waals surface area (Å²) in [6, 6.07) is 12.5. The van der Waals surface area contributed by atoms with E-state index < -0.39 is 10.2 Å². The summed E-state index contributed by atoms with van der Waals surface area (Å²) in [5.41, 5.74) is 1.25. The maximum atomic E-state index is 8.49. The van der Waals surface area contributed by atoms with Crippen LogP contribution in [0, 0.1) is 10.2 Å². The quantitative estimate of drug-likeness (QED) is 0.447. The second-order valence-corrected chi connectivity index (χ2v) is 4.14. The topological polar surface area (TPSA) is 96.1 Å². The van der Waals surface area contributed by atoms with E-state index in [0.29, 0.717) is 0 Å². The molecular weight excluding hydrogens is 258 g/mol. The first-order valence-electron chi connectivity index (χ1n) is 5.01. The van der Waals surface area contributed by atoms with Crippen molar-refractivity contribution in [3.05, 3.63) is 55.3 Å². The molecule has 0 amide bonds. The number of allylic oxidation sites excluding steroid dienone is 1. The number of rotatable bonds is 2. The van der Waals surface area contributed by atoms with Crippen LogP contribution in [-0.4, -0.2) is 0 Å². The van der Waals surface area contributed by atoms with E-state index in [1.54, 1.807) is 0 Å². The number of hydrogen-bond donors (Lipinski definition) is 0. The molecule has 0 saturated heterocycles. The first kappa shape index (κ1) is 14.6. The van der Waals surface area contributed by atoms with Crippen LogP contribution in [0.5, 0.6) is 0 Å². The van der Waals surface area contributed by atoms with Crippen LogP contribution in [-0.2, 0) is 6.54 Å². The predicted octanol–water partition coefficient (Wildman–Crippen LogP) is -2.44. The van der Waals surface area contributed by atoms with E-state index in [1.165, 1.54) is 10.9 Å². The van der Waals surface area contributed by atoms with E-state index in [1.807, 2.05) is 6.08 Å². The summed E-state index contributed by atoms with van der Waals surface area (Å²) in [5.74, 6) is 0. The third kappa shape index (κ3) is 5.22. The highest BCUT2D eigenvalue weighted by atomic mass is 35.7. The normalized spacial score (nSPS) is 10.7. The van der Waals surface area contributed by atoms with Crippen molar-refractivity contribution < 1.29 is 33.4 Å². The average Bonchev–Trinajstić information content (AvgIpc) is 2.28. The van der Waals surface area contributed by atoms with Crippen LogP contribution >= 0.6 is 0 Å². The van der Waals surface area contributed by atoms with Gasteiger partial charge in [-0.05, 0) is 18.2 Å². The molecule has 0 fully saturated rings. The summed E-state index contributed by atoms with van der Waals surface area (Å²) in [6.07, 6.45) is 3.98. The first-order valence-corrected chi connectivity index (χ1v) is 6.25. The van der Waals surface area contributed by atoms with Gasteiger partial charge < -0.3 is 0 Å². The molecular formula is C12H12ClNO4. The molecule has 0 N–H and O–H groups in total. The molecule has 5 nitrogen and oxygen atoms in total. The van der Waals surface area contributed by atoms with E-state index in [9.17, 15) is 0 Å². The Kier molecular flexibility index (Phi) is 5.21. The molecule has 0 saturated carbocycles. The number of pyridine rings is 1. The van der Waals surface area contributed by atoms with Crippen LogP contribution in [0.2, 0.25) is 0 Å². The second kappa shape index (κ2) is 6.44. The number of benzene rings is 1. The molecule has 0 aliphatic carbocycles. The zero-order valence-electron chi connectivity index (χ0n) is 9.49. The lowest BCUT2D eigenvalue weighted by Gasteiger charge is -2.17. The summed E-state index contributed by atoms with van der Waals surface area (Å²) in [5, 5.41) is 1.27. The lowest BCUT2D eigenvalue weighted by molar-refractivity contribution is -2.00. The molecule has 1 aromatic carbocycles. The Morgan fingerprint density at radius 1 is 1.06 bits per heavy atom. The van der Waals surface area contributed by atoms with Gasteiger partial charge in [0.1, 0.15) is 0 Å². The maximum absolute atomic E-state index is 8.49. The maximum Gasteiger partial charge on any atom is 0.212 e. The Morgan fingerprint density at radius 3 is 2.22 bits per heavy atom. The van der Waals surface area contributed by atoms with Crippen LogP contribution in [0.4, 0.5) is 0 Å². The Morgan fingerprint density at radius 2 is 1.61 bits per heavy atom. The molecule has 0 unspecified atom stereocenters. The lowest BCUT2D eigenvalue weighted by Crippen LogP contribution is -2.68. The minimum atomic E-state index is -4.94. The number of halogens is 1. The van der Waals surface area contributed by atoms with E-state index in [4.69, 9.17) is 18.6 Å². The summed E-state index contributed by atoms with van der Waals surface area (Å²) < 4.78 is 36.2. The van der Waals surface area contributed by atoms with Crippen molar-refractivity contribution in [2.24, 2.45) is 0 Å². The van der Waals surface area contributed by atoms with Gasteiger partial charge in [-0.1, -0.05) is 18.7 Å². The van der Waals surface area contributed by atoms with Crippen molar-refractivity contribution in [1.29, 1.82) is 0 Å². The summed E-state index contributed by atoms with van der Waals surface area (Å²) in [6.45, 7) is 4.60. The lowest BCUT2D eigenvalue weighted by atomic mass is 10.2. The smallest absolute Gasteiger partial charge is 0.212 e. The Hall–Kier alpha value is -1.50. The van der Waals surface area contributed by atoms with Crippen LogP contribution in [0.1, 0.15) is 0 Å². The second-order valence-electron chi connectivity index (χ2n) is 3.39. The largest absolute Gasteiger partial charge is 0.222 e. The first-order chi connectivity index (χ1) is 8.42. The Balaban J connectivity index is 0.000000280. The van der Waals surface area contributed by atoms with Crippen molar-refractivity contribution in [2.75, 3.05) is 0 Å². The van der Waals surface area contributed by atoms with Crippen LogP contribution in [0.3, 0.4) is 0 Å². The molecule has 2 rings (SSSR count). The monoisotopic (exact) mass is 269 g/mol. The SMILES string of the molecule is C=CC[n+]1cccc2ccccc21.[O-][Cl+3]([O-])([O-])[O-]. The fraction of sp³-hybridized carbons (Fsp3) is 0.0833. The molecule has 0 aliphatic rings. The van der Waals surface area contributed by atoms with E-state index >= 15 is 0 Å². The van der Waals surface area contributed by atoms with Gasteiger partial charge in [0.25, 0.3) is 0 Å². The number of aromatic nitrogens is 1. The van der Waals surface area contributed by atoms with Crippen molar-refractivity contribution in [3.63, 3.8) is 0 Å². The molecule has 0 spiro atoms. The third-order valence-electron chi connectivity index (χ3n) is 2.11. The van der Waals surface area contributed by atoms with Crippen molar-refractivity contribution in [1.82, 2.24) is 0 Å². The van der Waals surface area contributed by atoms with Gasteiger partial charge in [-0.2, -0.15) is 4.57 Å². The number of hydrogen-bond acceptors (Lipinski definition) is 4. The molecule has 1 heterocycles. The van der Waals surface area contributed by atoms with Crippen molar-refractivity contribution in [3.8, 4) is 0 Å². The van der Waals surface area contributed by atoms with Gasteiger partial charge in [0.15, 0.2) is 12.7 Å². The van der Waals surface area contributed by atoms with E-state index in [0.717, 1.165) is 6.54 Å². The van der Waals surface area contributed by atoms with Gasteiger partial charge in [-0.25, -0.2) is 18.6 Å². The predicted molar refractivity (Wildman–Crippen MR) is 54.3 cm³/mol. The molecule has 0 atom stereocenters. The molecule has 96 valence electrons. The number of para-hydroxylation sites is 1. The van der Waals surface area contributed by atoms with Gasteiger partial charge in [-0.3, -0.25) is 0 Å². The van der Waals surface area contributed by atoms with Crippen LogP contribution < -0.4 is 23.2 Å². The highest BCUT2D eigenvalue weighted by Crippen LogP contribution is 2.07. The number of nitrogens with zero attached hydrogens (tertiary/aromatic N) is 1. The zero-order chi connectivity index (χ0) is 13.6. The van der Waals surface area contributed by atoms with Gasteiger partial charge in [0.2, 0.25) is 5.52 Å². The summed E-state index contributed by atoms with van der Waals surface area (Å²) >= 11 is 0. The van der Waals surface area contributed by atoms with Crippen molar-refractivity contribution >= 4 is 10.9 Å². The standard InChI is InChI=1S/C12H12N.ClHO4/c1-2-9-13-10-5-7-11-6-3-4-8-12(11)13;2-1(3,4)5/h2-8,10H,1,9H2;(H,2,3,4,5)/q+1;/p-1. The fourth-order valence-electron chi connectivity index (χ4n) is 1.52. The molecule has 1 aromatic heterocycles. The Labute approximate surface area is 107 Å². The minimum Gasteiger partial charge on any atom is -0.222 e. The van der Waals surface area contributed by atoms with Crippen LogP contribution in [0.15, 0.2) is 55.3 Å². The molecule has 2 aromatic rings. The summed E-state index contributed by atoms with van der Waals surface area (Å²) in [4.78, 5) is 0. The highest BCUT2D eigenvalue weighted by Gasteiger charge is 2.03. The van der Waals surface area contributed by atoms with Gasteiger partial charge in [-0.15, -0.1) is 10.2 Å². The zero-order valence-corrected chi connectivity index (χ0v) is 10.2. The Bertz CT molecular complexity index is 513. The molecule has 0 bridgehead atoms. The molecule has 18 heavy (non-hydrogen) atoms. The summed E-state index contributed by atoms with van der Waals surface area (Å²) in [7, 11) is -4.94. The van der Waals surface area contributed by atoms with Gasteiger partial charge in [0.05, 0.1) is 0 Å². The van der Waals surface area contributed by atoms with Gasteiger partial charge in [0, 0.05) is 17.5 Å². The fourth-order valence-corrected chi connectivity index (χ4v) is 1.52. The highest BCUT2D eigenvalue weighted by molar-refractivity contribution is 5.74. The van der Waals surface area contributed by atoms with E-state index in [-0.39, 0.29) is 0 Å². The molecule has 0 radical (unpaired) electrons. The van der Waals surface area contributed by atoms with Gasteiger partial charge >= 0.3 is 0 Å². The average molecular weight is 270 g/mol. The molecule has 0 aliphatic heterocycles. The minimum absolute atomic E-state index is 0.862.